The summed E-state index contributed by atoms with van der Waals surface area (Å²) >= 11 is 3.07. The van der Waals surface area contributed by atoms with Crippen molar-refractivity contribution < 1.29 is 18.4 Å². The molecule has 0 aliphatic carbocycles. The largest absolute Gasteiger partial charge is 0.507 e. The molecule has 9 heteroatoms. The molecular formula is C12H9BrN2O5S. The Balaban J connectivity index is 2.38. The summed E-state index contributed by atoms with van der Waals surface area (Å²) in [7, 11) is -4.00. The number of nitrogens with one attached hydrogen (secondary N) is 1. The number of rotatable bonds is 4. The van der Waals surface area contributed by atoms with E-state index in [0.29, 0.717) is 0 Å². The van der Waals surface area contributed by atoms with E-state index >= 15 is 0 Å². The Labute approximate surface area is 128 Å². The molecule has 2 aromatic carbocycles. The Morgan fingerprint density at radius 3 is 2.43 bits per heavy atom. The van der Waals surface area contributed by atoms with Crippen LogP contribution >= 0.6 is 15.9 Å². The van der Waals surface area contributed by atoms with Gasteiger partial charge in [-0.05, 0) is 34.1 Å². The lowest BCUT2D eigenvalue weighted by atomic mass is 10.3. The number of halogens is 1. The zero-order valence-corrected chi connectivity index (χ0v) is 12.8. The van der Waals surface area contributed by atoms with E-state index in [-0.39, 0.29) is 26.5 Å². The van der Waals surface area contributed by atoms with Crippen LogP contribution in [-0.4, -0.2) is 18.4 Å². The fourth-order valence-electron chi connectivity index (χ4n) is 1.58. The number of hydrogen-bond acceptors (Lipinski definition) is 5. The van der Waals surface area contributed by atoms with Crippen LogP contribution in [0, 0.1) is 10.1 Å². The SMILES string of the molecule is O=[N+]([O-])c1ccc(NS(=O)(=O)c2ccccc2O)c(Br)c1. The lowest BCUT2D eigenvalue weighted by Gasteiger charge is -2.10. The average Bonchev–Trinajstić information content (AvgIpc) is 2.41. The highest BCUT2D eigenvalue weighted by Crippen LogP contribution is 2.30. The van der Waals surface area contributed by atoms with Gasteiger partial charge in [-0.2, -0.15) is 0 Å². The van der Waals surface area contributed by atoms with Gasteiger partial charge in [0.1, 0.15) is 10.6 Å². The molecule has 2 aromatic rings. The molecule has 0 saturated heterocycles. The number of anilines is 1. The van der Waals surface area contributed by atoms with Crippen LogP contribution in [0.5, 0.6) is 5.75 Å². The summed E-state index contributed by atoms with van der Waals surface area (Å²) in [6, 6.07) is 9.08. The minimum absolute atomic E-state index is 0.129. The molecule has 0 aliphatic heterocycles. The van der Waals surface area contributed by atoms with Gasteiger partial charge in [-0.1, -0.05) is 12.1 Å². The van der Waals surface area contributed by atoms with Gasteiger partial charge in [-0.15, -0.1) is 0 Å². The summed E-state index contributed by atoms with van der Waals surface area (Å²) in [6.07, 6.45) is 0. The quantitative estimate of drug-likeness (QED) is 0.633. The van der Waals surface area contributed by atoms with Crippen molar-refractivity contribution in [3.8, 4) is 5.75 Å². The number of benzene rings is 2. The first kappa shape index (κ1) is 15.3. The lowest BCUT2D eigenvalue weighted by molar-refractivity contribution is -0.384. The molecule has 2 N–H and O–H groups in total. The second-order valence-electron chi connectivity index (χ2n) is 3.99. The molecule has 110 valence electrons. The van der Waals surface area contributed by atoms with Crippen molar-refractivity contribution in [2.24, 2.45) is 0 Å². The number of non-ortho nitro benzene ring substituents is 1. The normalized spacial score (nSPS) is 11.1. The van der Waals surface area contributed by atoms with Crippen molar-refractivity contribution in [2.45, 2.75) is 4.90 Å². The molecule has 0 bridgehead atoms. The van der Waals surface area contributed by atoms with Gasteiger partial charge in [0, 0.05) is 16.6 Å². The summed E-state index contributed by atoms with van der Waals surface area (Å²) in [6.45, 7) is 0. The summed E-state index contributed by atoms with van der Waals surface area (Å²) in [5, 5.41) is 20.2. The van der Waals surface area contributed by atoms with Crippen LogP contribution < -0.4 is 4.72 Å². The molecule has 0 spiro atoms. The van der Waals surface area contributed by atoms with Crippen LogP contribution in [0.15, 0.2) is 51.8 Å². The van der Waals surface area contributed by atoms with Crippen LogP contribution in [0.2, 0.25) is 0 Å². The van der Waals surface area contributed by atoms with Crippen molar-refractivity contribution >= 4 is 37.3 Å². The van der Waals surface area contributed by atoms with Crippen molar-refractivity contribution in [2.75, 3.05) is 4.72 Å². The highest BCUT2D eigenvalue weighted by molar-refractivity contribution is 9.10. The number of phenolic OH excluding ortho intramolecular Hbond substituents is 1. The van der Waals surface area contributed by atoms with Crippen molar-refractivity contribution in [1.82, 2.24) is 0 Å². The maximum absolute atomic E-state index is 12.2. The number of nitro benzene ring substituents is 1. The Morgan fingerprint density at radius 1 is 1.19 bits per heavy atom. The molecular weight excluding hydrogens is 364 g/mol. The molecule has 0 amide bonds. The fourth-order valence-corrected chi connectivity index (χ4v) is 3.36. The fraction of sp³-hybridized carbons (Fsp3) is 0. The van der Waals surface area contributed by atoms with E-state index in [1.54, 1.807) is 0 Å². The third-order valence-electron chi connectivity index (χ3n) is 2.56. The van der Waals surface area contributed by atoms with Crippen LogP contribution in [0.4, 0.5) is 11.4 Å². The summed E-state index contributed by atoms with van der Waals surface area (Å²) in [5.74, 6) is -0.386. The van der Waals surface area contributed by atoms with Gasteiger partial charge in [-0.3, -0.25) is 14.8 Å². The number of phenols is 1. The monoisotopic (exact) mass is 372 g/mol. The smallest absolute Gasteiger partial charge is 0.270 e. The van der Waals surface area contributed by atoms with Crippen molar-refractivity contribution in [3.63, 3.8) is 0 Å². The zero-order valence-electron chi connectivity index (χ0n) is 10.4. The minimum atomic E-state index is -4.00. The summed E-state index contributed by atoms with van der Waals surface area (Å²) in [4.78, 5) is 9.76. The molecule has 0 radical (unpaired) electrons. The maximum atomic E-state index is 12.2. The molecule has 7 nitrogen and oxygen atoms in total. The Kier molecular flexibility index (Phi) is 4.14. The predicted molar refractivity (Wildman–Crippen MR) is 79.7 cm³/mol. The maximum Gasteiger partial charge on any atom is 0.270 e. The average molecular weight is 373 g/mol. The van der Waals surface area contributed by atoms with E-state index in [1.165, 1.54) is 42.5 Å². The number of nitro groups is 1. The van der Waals surface area contributed by atoms with E-state index in [0.717, 1.165) is 0 Å². The van der Waals surface area contributed by atoms with Gasteiger partial charge in [0.2, 0.25) is 0 Å². The summed E-state index contributed by atoms with van der Waals surface area (Å²) in [5.41, 5.74) is -0.0452. The topological polar surface area (TPSA) is 110 Å². The van der Waals surface area contributed by atoms with Gasteiger partial charge < -0.3 is 5.11 Å². The molecule has 0 heterocycles. The van der Waals surface area contributed by atoms with E-state index in [4.69, 9.17) is 0 Å². The molecule has 0 fully saturated rings. The molecule has 0 aromatic heterocycles. The lowest BCUT2D eigenvalue weighted by Crippen LogP contribution is -2.13. The van der Waals surface area contributed by atoms with Gasteiger partial charge in [0.15, 0.2) is 0 Å². The Bertz CT molecular complexity index is 807. The van der Waals surface area contributed by atoms with Crippen LogP contribution in [-0.2, 0) is 10.0 Å². The standard InChI is InChI=1S/C12H9BrN2O5S/c13-9-7-8(15(17)18)5-6-10(9)14-21(19,20)12-4-2-1-3-11(12)16/h1-7,14,16H. The Morgan fingerprint density at radius 2 is 1.86 bits per heavy atom. The molecule has 21 heavy (non-hydrogen) atoms. The highest BCUT2D eigenvalue weighted by atomic mass is 79.9. The van der Waals surface area contributed by atoms with E-state index in [2.05, 4.69) is 20.7 Å². The summed E-state index contributed by atoms with van der Waals surface area (Å²) < 4.78 is 26.8. The third kappa shape index (κ3) is 3.31. The number of para-hydroxylation sites is 1. The van der Waals surface area contributed by atoms with Crippen LogP contribution in [0.1, 0.15) is 0 Å². The third-order valence-corrected chi connectivity index (χ3v) is 4.63. The van der Waals surface area contributed by atoms with Crippen LogP contribution in [0.25, 0.3) is 0 Å². The van der Waals surface area contributed by atoms with E-state index < -0.39 is 14.9 Å². The molecule has 2 rings (SSSR count). The first-order valence-electron chi connectivity index (χ1n) is 5.56. The first-order valence-corrected chi connectivity index (χ1v) is 7.83. The van der Waals surface area contributed by atoms with Gasteiger partial charge in [0.25, 0.3) is 15.7 Å². The number of hydrogen-bond donors (Lipinski definition) is 2. The van der Waals surface area contributed by atoms with Gasteiger partial charge in [0.05, 0.1) is 10.6 Å². The highest BCUT2D eigenvalue weighted by Gasteiger charge is 2.20. The molecule has 0 aliphatic rings. The number of aromatic hydroxyl groups is 1. The zero-order chi connectivity index (χ0) is 15.6. The second kappa shape index (κ2) is 5.70. The number of sulfonamides is 1. The molecule has 0 atom stereocenters. The van der Waals surface area contributed by atoms with Crippen molar-refractivity contribution in [3.05, 3.63) is 57.1 Å². The Hall–Kier alpha value is -2.13. The molecule has 0 unspecified atom stereocenters. The number of nitrogens with zero attached hydrogens (tertiary/aromatic N) is 1. The van der Waals surface area contributed by atoms with Gasteiger partial charge >= 0.3 is 0 Å². The molecule has 0 saturated carbocycles. The van der Waals surface area contributed by atoms with E-state index in [1.807, 2.05) is 0 Å². The van der Waals surface area contributed by atoms with Gasteiger partial charge in [-0.25, -0.2) is 8.42 Å². The predicted octanol–water partition coefficient (Wildman–Crippen LogP) is 2.86. The van der Waals surface area contributed by atoms with Crippen LogP contribution in [0.3, 0.4) is 0 Å². The first-order chi connectivity index (χ1) is 9.81. The minimum Gasteiger partial charge on any atom is -0.507 e. The van der Waals surface area contributed by atoms with Crippen molar-refractivity contribution in [1.29, 1.82) is 0 Å². The van der Waals surface area contributed by atoms with E-state index in [9.17, 15) is 23.6 Å². The second-order valence-corrected chi connectivity index (χ2v) is 6.50.